The van der Waals surface area contributed by atoms with Crippen molar-refractivity contribution in [2.24, 2.45) is 0 Å². The third-order valence-electron chi connectivity index (χ3n) is 1.72. The maximum atomic E-state index is 11.0. The van der Waals surface area contributed by atoms with E-state index in [0.29, 0.717) is 0 Å². The fourth-order valence-corrected chi connectivity index (χ4v) is 2.01. The van der Waals surface area contributed by atoms with Gasteiger partial charge in [0.15, 0.2) is 14.0 Å². The Morgan fingerprint density at radius 2 is 2.00 bits per heavy atom. The van der Waals surface area contributed by atoms with Crippen molar-refractivity contribution in [3.63, 3.8) is 0 Å². The summed E-state index contributed by atoms with van der Waals surface area (Å²) in [4.78, 5) is 0. The van der Waals surface area contributed by atoms with Crippen molar-refractivity contribution < 1.29 is 13.5 Å². The number of aliphatic hydroxyl groups is 1. The van der Waals surface area contributed by atoms with E-state index in [1.807, 2.05) is 0 Å². The highest BCUT2D eigenvalue weighted by Gasteiger charge is 2.41. The number of hydrogen-bond donors (Lipinski definition) is 1. The van der Waals surface area contributed by atoms with E-state index in [9.17, 15) is 8.42 Å². The zero-order valence-corrected chi connectivity index (χ0v) is 8.41. The molecule has 1 N–H and O–H groups in total. The molecule has 0 radical (unpaired) electrons. The zero-order valence-electron chi connectivity index (χ0n) is 6.83. The van der Waals surface area contributed by atoms with Gasteiger partial charge in [-0.1, -0.05) is 18.5 Å². The van der Waals surface area contributed by atoms with Gasteiger partial charge in [-0.25, -0.2) is 8.42 Å². The Kier molecular flexibility index (Phi) is 3.35. The standard InChI is InChI=1S/C6H13ClO3S/c1-4-6(7,5(2)8)11(3,9)10/h5,8H,4H2,1-3H3/t5-,6-/m0/s1. The number of aliphatic hydroxyl groups excluding tert-OH is 1. The van der Waals surface area contributed by atoms with Crippen LogP contribution in [0.5, 0.6) is 0 Å². The Balaban J connectivity index is 4.92. The summed E-state index contributed by atoms with van der Waals surface area (Å²) in [5, 5.41) is 9.10. The first-order valence-corrected chi connectivity index (χ1v) is 5.59. The fourth-order valence-electron chi connectivity index (χ4n) is 0.867. The first kappa shape index (κ1) is 11.2. The molecule has 68 valence electrons. The van der Waals surface area contributed by atoms with Crippen molar-refractivity contribution in [2.45, 2.75) is 30.6 Å². The molecule has 0 fully saturated rings. The van der Waals surface area contributed by atoms with Gasteiger partial charge in [-0.05, 0) is 13.3 Å². The Hall–Kier alpha value is 0.200. The molecule has 0 aliphatic carbocycles. The predicted octanol–water partition coefficient (Wildman–Crippen LogP) is 0.757. The van der Waals surface area contributed by atoms with E-state index in [-0.39, 0.29) is 6.42 Å². The van der Waals surface area contributed by atoms with Crippen LogP contribution in [0.25, 0.3) is 0 Å². The Labute approximate surface area is 72.3 Å². The van der Waals surface area contributed by atoms with E-state index in [1.165, 1.54) is 6.92 Å². The largest absolute Gasteiger partial charge is 0.390 e. The Morgan fingerprint density at radius 3 is 2.00 bits per heavy atom. The van der Waals surface area contributed by atoms with Gasteiger partial charge in [0.2, 0.25) is 0 Å². The van der Waals surface area contributed by atoms with E-state index in [1.54, 1.807) is 6.92 Å². The lowest BCUT2D eigenvalue weighted by molar-refractivity contribution is 0.172. The lowest BCUT2D eigenvalue weighted by Crippen LogP contribution is -2.41. The van der Waals surface area contributed by atoms with Crippen molar-refractivity contribution in [3.8, 4) is 0 Å². The van der Waals surface area contributed by atoms with Crippen LogP contribution in [-0.4, -0.2) is 30.1 Å². The quantitative estimate of drug-likeness (QED) is 0.685. The second-order valence-electron chi connectivity index (χ2n) is 2.59. The fraction of sp³-hybridized carbons (Fsp3) is 1.00. The van der Waals surface area contributed by atoms with Gasteiger partial charge in [0, 0.05) is 6.26 Å². The Bertz CT molecular complexity index is 222. The summed E-state index contributed by atoms with van der Waals surface area (Å²) in [6, 6.07) is 0. The molecule has 0 spiro atoms. The van der Waals surface area contributed by atoms with E-state index in [0.717, 1.165) is 6.26 Å². The maximum Gasteiger partial charge on any atom is 0.170 e. The van der Waals surface area contributed by atoms with Gasteiger partial charge in [0.1, 0.15) is 0 Å². The van der Waals surface area contributed by atoms with Crippen molar-refractivity contribution in [3.05, 3.63) is 0 Å². The van der Waals surface area contributed by atoms with E-state index < -0.39 is 20.1 Å². The SMILES string of the molecule is CC[C@@](Cl)([C@H](C)O)S(C)(=O)=O. The predicted molar refractivity (Wildman–Crippen MR) is 45.4 cm³/mol. The lowest BCUT2D eigenvalue weighted by Gasteiger charge is -2.26. The second kappa shape index (κ2) is 3.29. The van der Waals surface area contributed by atoms with Gasteiger partial charge in [-0.15, -0.1) is 0 Å². The van der Waals surface area contributed by atoms with Gasteiger partial charge in [-0.3, -0.25) is 0 Å². The molecule has 0 heterocycles. The molecular weight excluding hydrogens is 188 g/mol. The number of alkyl halides is 1. The van der Waals surface area contributed by atoms with E-state index in [2.05, 4.69) is 0 Å². The number of halogens is 1. The molecule has 5 heteroatoms. The summed E-state index contributed by atoms with van der Waals surface area (Å²) in [6.45, 7) is 3.00. The van der Waals surface area contributed by atoms with Gasteiger partial charge in [-0.2, -0.15) is 0 Å². The van der Waals surface area contributed by atoms with Crippen LogP contribution >= 0.6 is 11.6 Å². The van der Waals surface area contributed by atoms with Crippen LogP contribution in [0.2, 0.25) is 0 Å². The molecule has 0 bridgehead atoms. The van der Waals surface area contributed by atoms with Gasteiger partial charge < -0.3 is 5.11 Å². The van der Waals surface area contributed by atoms with Crippen LogP contribution in [0, 0.1) is 0 Å². The molecule has 11 heavy (non-hydrogen) atoms. The molecule has 0 aromatic carbocycles. The van der Waals surface area contributed by atoms with Crippen molar-refractivity contribution in [2.75, 3.05) is 6.26 Å². The topological polar surface area (TPSA) is 54.4 Å². The normalized spacial score (nSPS) is 20.8. The van der Waals surface area contributed by atoms with Gasteiger partial charge in [0.25, 0.3) is 0 Å². The molecular formula is C6H13ClO3S. The number of sulfone groups is 1. The van der Waals surface area contributed by atoms with Crippen LogP contribution in [0.3, 0.4) is 0 Å². The molecule has 0 saturated heterocycles. The monoisotopic (exact) mass is 200 g/mol. The molecule has 3 nitrogen and oxygen atoms in total. The van der Waals surface area contributed by atoms with Crippen LogP contribution in [0.15, 0.2) is 0 Å². The third kappa shape index (κ3) is 2.07. The summed E-state index contributed by atoms with van der Waals surface area (Å²) in [7, 11) is -3.40. The molecule has 0 aromatic heterocycles. The summed E-state index contributed by atoms with van der Waals surface area (Å²) >= 11 is 5.70. The van der Waals surface area contributed by atoms with Crippen LogP contribution < -0.4 is 0 Å². The minimum atomic E-state index is -3.40. The first-order chi connectivity index (χ1) is 4.75. The average Bonchev–Trinajstić information content (AvgIpc) is 1.83. The van der Waals surface area contributed by atoms with Gasteiger partial charge >= 0.3 is 0 Å². The van der Waals surface area contributed by atoms with Crippen molar-refractivity contribution in [1.29, 1.82) is 0 Å². The molecule has 0 aliphatic rings. The van der Waals surface area contributed by atoms with Crippen LogP contribution in [0.1, 0.15) is 20.3 Å². The summed E-state index contributed by atoms with van der Waals surface area (Å²) in [6.07, 6.45) is 0.172. The molecule has 0 unspecified atom stereocenters. The highest BCUT2D eigenvalue weighted by molar-refractivity contribution is 7.93. The molecule has 0 amide bonds. The van der Waals surface area contributed by atoms with Crippen LogP contribution in [0.4, 0.5) is 0 Å². The zero-order chi connectivity index (χ0) is 9.28. The molecule has 2 atom stereocenters. The minimum Gasteiger partial charge on any atom is -0.390 e. The number of hydrogen-bond acceptors (Lipinski definition) is 3. The molecule has 0 aliphatic heterocycles. The summed E-state index contributed by atoms with van der Waals surface area (Å²) < 4.78 is 20.5. The van der Waals surface area contributed by atoms with Crippen molar-refractivity contribution in [1.82, 2.24) is 0 Å². The summed E-state index contributed by atoms with van der Waals surface area (Å²) in [5.74, 6) is 0. The summed E-state index contributed by atoms with van der Waals surface area (Å²) in [5.41, 5.74) is 0. The third-order valence-corrected chi connectivity index (χ3v) is 5.01. The smallest absolute Gasteiger partial charge is 0.170 e. The Morgan fingerprint density at radius 1 is 1.64 bits per heavy atom. The maximum absolute atomic E-state index is 11.0. The highest BCUT2D eigenvalue weighted by atomic mass is 35.5. The molecule has 0 aromatic rings. The highest BCUT2D eigenvalue weighted by Crippen LogP contribution is 2.29. The lowest BCUT2D eigenvalue weighted by atomic mass is 10.2. The van der Waals surface area contributed by atoms with E-state index in [4.69, 9.17) is 16.7 Å². The van der Waals surface area contributed by atoms with Crippen molar-refractivity contribution >= 4 is 21.4 Å². The number of rotatable bonds is 3. The average molecular weight is 201 g/mol. The second-order valence-corrected chi connectivity index (χ2v) is 5.76. The first-order valence-electron chi connectivity index (χ1n) is 3.32. The molecule has 0 saturated carbocycles. The van der Waals surface area contributed by atoms with Gasteiger partial charge in [0.05, 0.1) is 6.10 Å². The van der Waals surface area contributed by atoms with E-state index >= 15 is 0 Å². The minimum absolute atomic E-state index is 0.199. The van der Waals surface area contributed by atoms with Crippen LogP contribution in [-0.2, 0) is 9.84 Å². The molecule has 0 rings (SSSR count).